The molecular weight excluding hydrogens is 624 g/mol. The van der Waals surface area contributed by atoms with Crippen molar-refractivity contribution in [3.05, 3.63) is 35.9 Å². The van der Waals surface area contributed by atoms with Gasteiger partial charge in [-0.15, -0.1) is 0 Å². The number of ether oxygens (including phenoxy) is 5. The summed E-state index contributed by atoms with van der Waals surface area (Å²) >= 11 is 0. The van der Waals surface area contributed by atoms with Gasteiger partial charge in [0.15, 0.2) is 6.10 Å². The summed E-state index contributed by atoms with van der Waals surface area (Å²) in [6.45, 7) is 2.95. The largest absolute Gasteiger partial charge is 0.478 e. The second-order valence-electron chi connectivity index (χ2n) is 11.8. The number of benzene rings is 1. The molecule has 1 N–H and O–H groups in total. The van der Waals surface area contributed by atoms with Gasteiger partial charge < -0.3 is 28.8 Å². The first-order valence-electron chi connectivity index (χ1n) is 17.2. The van der Waals surface area contributed by atoms with Crippen molar-refractivity contribution in [2.45, 2.75) is 142 Å². The van der Waals surface area contributed by atoms with Gasteiger partial charge in [0.1, 0.15) is 13.2 Å². The molecule has 0 aromatic heterocycles. The molecule has 12 heteroatoms. The van der Waals surface area contributed by atoms with Gasteiger partial charge in [0.05, 0.1) is 5.56 Å². The van der Waals surface area contributed by atoms with Crippen LogP contribution in [0.1, 0.15) is 134 Å². The van der Waals surface area contributed by atoms with Crippen molar-refractivity contribution >= 4 is 35.8 Å². The predicted octanol–water partition coefficient (Wildman–Crippen LogP) is 6.51. The van der Waals surface area contributed by atoms with Crippen LogP contribution in [0.5, 0.6) is 0 Å². The average molecular weight is 679 g/mol. The number of carboxylic acids is 1. The number of rotatable bonds is 27. The Kier molecular flexibility index (Phi) is 22.8. The Morgan fingerprint density at radius 2 is 1.06 bits per heavy atom. The maximum Gasteiger partial charge on any atom is 0.352 e. The van der Waals surface area contributed by atoms with Gasteiger partial charge >= 0.3 is 35.8 Å². The third kappa shape index (κ3) is 20.3. The van der Waals surface area contributed by atoms with Gasteiger partial charge in [-0.3, -0.25) is 14.4 Å². The van der Waals surface area contributed by atoms with E-state index in [0.29, 0.717) is 6.42 Å². The summed E-state index contributed by atoms with van der Waals surface area (Å²) in [5, 5.41) is 9.42. The molecule has 1 aromatic carbocycles. The fraction of sp³-hybridized carbons (Fsp3) is 0.667. The molecule has 0 heterocycles. The summed E-state index contributed by atoms with van der Waals surface area (Å²) in [7, 11) is 0. The quantitative estimate of drug-likeness (QED) is 0.0609. The van der Waals surface area contributed by atoms with Crippen LogP contribution in [0.4, 0.5) is 0 Å². The van der Waals surface area contributed by atoms with Crippen LogP contribution in [-0.2, 0) is 47.7 Å². The molecule has 1 aromatic rings. The molecule has 0 bridgehead atoms. The Labute approximate surface area is 284 Å². The van der Waals surface area contributed by atoms with Crippen molar-refractivity contribution in [1.29, 1.82) is 0 Å². The van der Waals surface area contributed by atoms with Crippen LogP contribution in [0.15, 0.2) is 30.3 Å². The SMILES string of the molecule is CCCCCCCCCCCCCCCCCC(=O)OCC(COC(=O)C(OC(C)=O)C(OC(C)=O)C(=O)O)OC(=O)c1ccccc1. The van der Waals surface area contributed by atoms with Crippen LogP contribution in [0.25, 0.3) is 0 Å². The second kappa shape index (κ2) is 26.0. The lowest BCUT2D eigenvalue weighted by molar-refractivity contribution is -0.189. The van der Waals surface area contributed by atoms with Crippen molar-refractivity contribution in [2.75, 3.05) is 13.2 Å². The molecule has 12 nitrogen and oxygen atoms in total. The lowest BCUT2D eigenvalue weighted by Gasteiger charge is -2.23. The molecular formula is C36H54O12. The lowest BCUT2D eigenvalue weighted by Crippen LogP contribution is -2.47. The zero-order valence-electron chi connectivity index (χ0n) is 28.8. The van der Waals surface area contributed by atoms with E-state index in [1.807, 2.05) is 0 Å². The highest BCUT2D eigenvalue weighted by Crippen LogP contribution is 2.15. The summed E-state index contributed by atoms with van der Waals surface area (Å²) in [5.41, 5.74) is 0.191. The molecule has 0 spiro atoms. The van der Waals surface area contributed by atoms with Gasteiger partial charge in [-0.05, 0) is 18.6 Å². The van der Waals surface area contributed by atoms with Crippen LogP contribution >= 0.6 is 0 Å². The minimum atomic E-state index is -2.18. The summed E-state index contributed by atoms with van der Waals surface area (Å²) in [6, 6.07) is 7.94. The summed E-state index contributed by atoms with van der Waals surface area (Å²) in [4.78, 5) is 72.4. The molecule has 270 valence electrons. The molecule has 1 rings (SSSR count). The van der Waals surface area contributed by atoms with Crippen LogP contribution in [-0.4, -0.2) is 72.4 Å². The number of carboxylic acid groups (broad SMARTS) is 1. The molecule has 0 fully saturated rings. The number of aliphatic carboxylic acids is 1. The fourth-order valence-corrected chi connectivity index (χ4v) is 4.90. The van der Waals surface area contributed by atoms with E-state index < -0.39 is 67.3 Å². The average Bonchev–Trinajstić information content (AvgIpc) is 3.05. The third-order valence-electron chi connectivity index (χ3n) is 7.45. The van der Waals surface area contributed by atoms with E-state index in [2.05, 4.69) is 11.7 Å². The molecule has 3 unspecified atom stereocenters. The monoisotopic (exact) mass is 678 g/mol. The van der Waals surface area contributed by atoms with Crippen molar-refractivity contribution in [3.8, 4) is 0 Å². The highest BCUT2D eigenvalue weighted by Gasteiger charge is 2.41. The molecule has 48 heavy (non-hydrogen) atoms. The standard InChI is InChI=1S/C36H54O12/c1-4-5-6-7-8-9-10-11-12-13-14-15-16-17-21-24-31(39)44-25-30(48-35(42)29-22-19-18-20-23-29)26-45-36(43)33(47-28(3)38)32(34(40)41)46-27(2)37/h18-20,22-23,30,32-33H,4-17,21,24-26H2,1-3H3,(H,40,41). The van der Waals surface area contributed by atoms with Crippen LogP contribution in [0, 0.1) is 0 Å². The Balaban J connectivity index is 2.53. The molecule has 0 aliphatic rings. The van der Waals surface area contributed by atoms with E-state index >= 15 is 0 Å². The van der Waals surface area contributed by atoms with Crippen molar-refractivity contribution in [3.63, 3.8) is 0 Å². The molecule has 0 radical (unpaired) electrons. The van der Waals surface area contributed by atoms with Crippen molar-refractivity contribution in [1.82, 2.24) is 0 Å². The number of hydrogen-bond acceptors (Lipinski definition) is 11. The molecule has 0 amide bonds. The number of esters is 5. The second-order valence-corrected chi connectivity index (χ2v) is 11.8. The topological polar surface area (TPSA) is 169 Å². The Hall–Kier alpha value is -3.96. The molecule has 0 saturated heterocycles. The minimum absolute atomic E-state index is 0.161. The molecule has 0 saturated carbocycles. The first-order valence-corrected chi connectivity index (χ1v) is 17.2. The molecule has 3 atom stereocenters. The zero-order valence-corrected chi connectivity index (χ0v) is 28.8. The highest BCUT2D eigenvalue weighted by molar-refractivity contribution is 5.90. The number of carbonyl (C=O) groups is 6. The van der Waals surface area contributed by atoms with E-state index in [9.17, 15) is 33.9 Å². The summed E-state index contributed by atoms with van der Waals surface area (Å²) in [6.07, 6.45) is 12.5. The fourth-order valence-electron chi connectivity index (χ4n) is 4.90. The maximum atomic E-state index is 12.8. The van der Waals surface area contributed by atoms with Crippen molar-refractivity contribution in [2.24, 2.45) is 0 Å². The number of carbonyl (C=O) groups excluding carboxylic acids is 5. The third-order valence-corrected chi connectivity index (χ3v) is 7.45. The van der Waals surface area contributed by atoms with Crippen LogP contribution < -0.4 is 0 Å². The van der Waals surface area contributed by atoms with Crippen LogP contribution in [0.3, 0.4) is 0 Å². The van der Waals surface area contributed by atoms with Gasteiger partial charge in [0.2, 0.25) is 12.2 Å². The Morgan fingerprint density at radius 1 is 0.604 bits per heavy atom. The number of hydrogen-bond donors (Lipinski definition) is 1. The van der Waals surface area contributed by atoms with Gasteiger partial charge in [-0.25, -0.2) is 14.4 Å². The lowest BCUT2D eigenvalue weighted by atomic mass is 10.0. The number of unbranched alkanes of at least 4 members (excludes halogenated alkanes) is 14. The summed E-state index contributed by atoms with van der Waals surface area (Å²) < 4.78 is 25.2. The van der Waals surface area contributed by atoms with Crippen molar-refractivity contribution < 1.29 is 57.6 Å². The van der Waals surface area contributed by atoms with E-state index in [4.69, 9.17) is 18.9 Å². The van der Waals surface area contributed by atoms with E-state index in [1.54, 1.807) is 18.2 Å². The van der Waals surface area contributed by atoms with E-state index in [-0.39, 0.29) is 12.0 Å². The van der Waals surface area contributed by atoms with Crippen LogP contribution in [0.2, 0.25) is 0 Å². The summed E-state index contributed by atoms with van der Waals surface area (Å²) in [5.74, 6) is -6.50. The van der Waals surface area contributed by atoms with Gasteiger partial charge in [-0.1, -0.05) is 115 Å². The maximum absolute atomic E-state index is 12.8. The minimum Gasteiger partial charge on any atom is -0.478 e. The Bertz CT molecular complexity index is 1100. The predicted molar refractivity (Wildman–Crippen MR) is 176 cm³/mol. The van der Waals surface area contributed by atoms with Gasteiger partial charge in [0, 0.05) is 20.3 Å². The first kappa shape index (κ1) is 42.1. The van der Waals surface area contributed by atoms with Gasteiger partial charge in [0.25, 0.3) is 0 Å². The zero-order chi connectivity index (χ0) is 35.6. The van der Waals surface area contributed by atoms with Gasteiger partial charge in [-0.2, -0.15) is 0 Å². The molecule has 0 aliphatic heterocycles. The van der Waals surface area contributed by atoms with E-state index in [0.717, 1.165) is 33.1 Å². The van der Waals surface area contributed by atoms with E-state index in [1.165, 1.54) is 82.8 Å². The Morgan fingerprint density at radius 3 is 1.54 bits per heavy atom. The first-order chi connectivity index (χ1) is 23.0. The smallest absolute Gasteiger partial charge is 0.352 e. The normalized spacial score (nSPS) is 12.6. The highest BCUT2D eigenvalue weighted by atomic mass is 16.6. The molecule has 0 aliphatic carbocycles.